The lowest BCUT2D eigenvalue weighted by Crippen LogP contribution is -1.97. The van der Waals surface area contributed by atoms with Gasteiger partial charge < -0.3 is 15.8 Å². The lowest BCUT2D eigenvalue weighted by Gasteiger charge is -2.07. The molecular weight excluding hydrogens is 188 g/mol. The van der Waals surface area contributed by atoms with Gasteiger partial charge in [0.2, 0.25) is 0 Å². The van der Waals surface area contributed by atoms with Crippen molar-refractivity contribution < 1.29 is 5.11 Å². The van der Waals surface area contributed by atoms with Gasteiger partial charge in [-0.2, -0.15) is 0 Å². The Bertz CT molecular complexity index is 474. The van der Waals surface area contributed by atoms with Gasteiger partial charge in [0.05, 0.1) is 5.52 Å². The van der Waals surface area contributed by atoms with E-state index in [0.717, 1.165) is 17.3 Å². The van der Waals surface area contributed by atoms with E-state index >= 15 is 0 Å². The van der Waals surface area contributed by atoms with E-state index in [1.54, 1.807) is 0 Å². The van der Waals surface area contributed by atoms with E-state index in [9.17, 15) is 0 Å². The van der Waals surface area contributed by atoms with Crippen molar-refractivity contribution in [2.24, 2.45) is 0 Å². The highest BCUT2D eigenvalue weighted by Gasteiger charge is 2.07. The van der Waals surface area contributed by atoms with E-state index in [0.29, 0.717) is 12.2 Å². The van der Waals surface area contributed by atoms with Crippen molar-refractivity contribution in [2.75, 3.05) is 12.3 Å². The summed E-state index contributed by atoms with van der Waals surface area (Å²) in [5.41, 5.74) is 9.31. The van der Waals surface area contributed by atoms with Crippen molar-refractivity contribution >= 4 is 16.7 Å². The summed E-state index contributed by atoms with van der Waals surface area (Å²) in [6, 6.07) is 6.06. The number of anilines is 1. The number of rotatable bonds is 3. The molecular formula is C12H16N2O. The van der Waals surface area contributed by atoms with Gasteiger partial charge in [-0.15, -0.1) is 0 Å². The number of aliphatic hydroxyl groups excluding tert-OH is 1. The van der Waals surface area contributed by atoms with Crippen LogP contribution in [0.4, 0.5) is 5.82 Å². The van der Waals surface area contributed by atoms with E-state index in [4.69, 9.17) is 10.8 Å². The second-order valence-corrected chi connectivity index (χ2v) is 3.72. The molecule has 0 atom stereocenters. The SMILES string of the molecule is CCc1c(CCO)ccc2cc(N)[nH]c12. The Hall–Kier alpha value is -1.48. The number of fused-ring (bicyclic) bond motifs is 1. The molecule has 0 fully saturated rings. The van der Waals surface area contributed by atoms with Crippen LogP contribution in [0, 0.1) is 0 Å². The summed E-state index contributed by atoms with van der Waals surface area (Å²) in [4.78, 5) is 3.17. The van der Waals surface area contributed by atoms with Crippen molar-refractivity contribution in [3.8, 4) is 0 Å². The average molecular weight is 204 g/mol. The molecule has 0 saturated carbocycles. The first-order valence-electron chi connectivity index (χ1n) is 5.26. The van der Waals surface area contributed by atoms with E-state index in [2.05, 4.69) is 18.0 Å². The first kappa shape index (κ1) is 10.1. The Morgan fingerprint density at radius 3 is 2.87 bits per heavy atom. The number of aliphatic hydroxyl groups is 1. The summed E-state index contributed by atoms with van der Waals surface area (Å²) in [7, 11) is 0. The van der Waals surface area contributed by atoms with Gasteiger partial charge in [-0.1, -0.05) is 19.1 Å². The molecule has 0 aliphatic carbocycles. The van der Waals surface area contributed by atoms with Crippen molar-refractivity contribution in [1.29, 1.82) is 0 Å². The summed E-state index contributed by atoms with van der Waals surface area (Å²) in [6.07, 6.45) is 1.66. The molecule has 2 rings (SSSR count). The highest BCUT2D eigenvalue weighted by atomic mass is 16.2. The molecule has 0 spiro atoms. The van der Waals surface area contributed by atoms with Crippen LogP contribution in [0.5, 0.6) is 0 Å². The standard InChI is InChI=1S/C12H16N2O/c1-2-10-8(5-6-15)3-4-9-7-11(13)14-12(9)10/h3-4,7,14-15H,2,5-6,13H2,1H3. The minimum Gasteiger partial charge on any atom is -0.396 e. The fourth-order valence-electron chi connectivity index (χ4n) is 2.08. The molecule has 0 radical (unpaired) electrons. The van der Waals surface area contributed by atoms with Crippen LogP contribution in [0.15, 0.2) is 18.2 Å². The summed E-state index contributed by atoms with van der Waals surface area (Å²) in [5.74, 6) is 0.695. The molecule has 0 amide bonds. The first-order valence-corrected chi connectivity index (χ1v) is 5.26. The van der Waals surface area contributed by atoms with Crippen LogP contribution < -0.4 is 5.73 Å². The van der Waals surface area contributed by atoms with E-state index < -0.39 is 0 Å². The highest BCUT2D eigenvalue weighted by molar-refractivity contribution is 5.87. The lowest BCUT2D eigenvalue weighted by molar-refractivity contribution is 0.299. The molecule has 80 valence electrons. The Balaban J connectivity index is 2.63. The number of nitrogens with two attached hydrogens (primary N) is 1. The molecule has 1 aromatic heterocycles. The molecule has 1 aromatic carbocycles. The van der Waals surface area contributed by atoms with Gasteiger partial charge in [0.1, 0.15) is 5.82 Å². The van der Waals surface area contributed by atoms with E-state index in [1.807, 2.05) is 12.1 Å². The maximum atomic E-state index is 8.98. The van der Waals surface area contributed by atoms with Crippen LogP contribution in [-0.4, -0.2) is 16.7 Å². The van der Waals surface area contributed by atoms with Crippen molar-refractivity contribution in [3.05, 3.63) is 29.3 Å². The second kappa shape index (κ2) is 3.95. The van der Waals surface area contributed by atoms with E-state index in [1.165, 1.54) is 11.1 Å². The monoisotopic (exact) mass is 204 g/mol. The Morgan fingerprint density at radius 2 is 2.20 bits per heavy atom. The predicted molar refractivity (Wildman–Crippen MR) is 62.9 cm³/mol. The third-order valence-electron chi connectivity index (χ3n) is 2.76. The number of benzene rings is 1. The second-order valence-electron chi connectivity index (χ2n) is 3.72. The summed E-state index contributed by atoms with van der Waals surface area (Å²) < 4.78 is 0. The maximum absolute atomic E-state index is 8.98. The van der Waals surface area contributed by atoms with Gasteiger partial charge in [0, 0.05) is 12.0 Å². The van der Waals surface area contributed by atoms with Gasteiger partial charge in [-0.25, -0.2) is 0 Å². The molecule has 3 nitrogen and oxygen atoms in total. The zero-order valence-electron chi connectivity index (χ0n) is 8.88. The minimum absolute atomic E-state index is 0.189. The van der Waals surface area contributed by atoms with E-state index in [-0.39, 0.29) is 6.61 Å². The fourth-order valence-corrected chi connectivity index (χ4v) is 2.08. The molecule has 0 aliphatic heterocycles. The van der Waals surface area contributed by atoms with Crippen molar-refractivity contribution in [1.82, 2.24) is 4.98 Å². The Morgan fingerprint density at radius 1 is 1.40 bits per heavy atom. The Labute approximate surface area is 88.9 Å². The van der Waals surface area contributed by atoms with Gasteiger partial charge >= 0.3 is 0 Å². The molecule has 4 N–H and O–H groups in total. The topological polar surface area (TPSA) is 62.0 Å². The zero-order valence-corrected chi connectivity index (χ0v) is 8.88. The van der Waals surface area contributed by atoms with Crippen molar-refractivity contribution in [2.45, 2.75) is 19.8 Å². The molecule has 2 aromatic rings. The third kappa shape index (κ3) is 1.70. The molecule has 0 bridgehead atoms. The number of aromatic nitrogens is 1. The average Bonchev–Trinajstić information content (AvgIpc) is 2.58. The fraction of sp³-hybridized carbons (Fsp3) is 0.333. The van der Waals surface area contributed by atoms with Gasteiger partial charge in [-0.3, -0.25) is 0 Å². The van der Waals surface area contributed by atoms with Crippen molar-refractivity contribution in [3.63, 3.8) is 0 Å². The smallest absolute Gasteiger partial charge is 0.101 e. The normalized spacial score (nSPS) is 11.1. The zero-order chi connectivity index (χ0) is 10.8. The Kier molecular flexibility index (Phi) is 2.64. The lowest BCUT2D eigenvalue weighted by atomic mass is 10.00. The largest absolute Gasteiger partial charge is 0.396 e. The summed E-state index contributed by atoms with van der Waals surface area (Å²) >= 11 is 0. The number of hydrogen-bond donors (Lipinski definition) is 3. The number of aryl methyl sites for hydroxylation is 1. The number of nitrogen functional groups attached to an aromatic ring is 1. The first-order chi connectivity index (χ1) is 7.26. The molecule has 0 unspecified atom stereocenters. The molecule has 0 saturated heterocycles. The van der Waals surface area contributed by atoms with Gasteiger partial charge in [0.15, 0.2) is 0 Å². The van der Waals surface area contributed by atoms with Gasteiger partial charge in [-0.05, 0) is 30.0 Å². The van der Waals surface area contributed by atoms with Crippen LogP contribution in [0.1, 0.15) is 18.1 Å². The summed E-state index contributed by atoms with van der Waals surface area (Å²) in [5, 5.41) is 10.1. The van der Waals surface area contributed by atoms with Crippen LogP contribution >= 0.6 is 0 Å². The molecule has 15 heavy (non-hydrogen) atoms. The number of aromatic amines is 1. The number of H-pyrrole nitrogens is 1. The van der Waals surface area contributed by atoms with Gasteiger partial charge in [0.25, 0.3) is 0 Å². The maximum Gasteiger partial charge on any atom is 0.101 e. The molecule has 3 heteroatoms. The van der Waals surface area contributed by atoms with Crippen LogP contribution in [0.25, 0.3) is 10.9 Å². The predicted octanol–water partition coefficient (Wildman–Crippen LogP) is 1.85. The van der Waals surface area contributed by atoms with Crippen LogP contribution in [0.2, 0.25) is 0 Å². The van der Waals surface area contributed by atoms with Crippen LogP contribution in [0.3, 0.4) is 0 Å². The highest BCUT2D eigenvalue weighted by Crippen LogP contribution is 2.24. The quantitative estimate of drug-likeness (QED) is 0.714. The number of nitrogens with one attached hydrogen (secondary N) is 1. The molecule has 1 heterocycles. The summed E-state index contributed by atoms with van der Waals surface area (Å²) in [6.45, 7) is 2.31. The van der Waals surface area contributed by atoms with Crippen LogP contribution in [-0.2, 0) is 12.8 Å². The molecule has 0 aliphatic rings. The third-order valence-corrected chi connectivity index (χ3v) is 2.76. The number of hydrogen-bond acceptors (Lipinski definition) is 2. The minimum atomic E-state index is 0.189.